The zero-order valence-corrected chi connectivity index (χ0v) is 11.1. The maximum Gasteiger partial charge on any atom is 0.143 e. The first-order chi connectivity index (χ1) is 7.20. The Morgan fingerprint density at radius 3 is 2.73 bits per heavy atom. The first-order valence-corrected chi connectivity index (χ1v) is 6.51. The summed E-state index contributed by atoms with van der Waals surface area (Å²) in [4.78, 5) is 8.29. The largest absolute Gasteiger partial charge is 0.364 e. The van der Waals surface area contributed by atoms with E-state index in [4.69, 9.17) is 0 Å². The maximum atomic E-state index is 4.29. The van der Waals surface area contributed by atoms with Gasteiger partial charge in [0.15, 0.2) is 0 Å². The fourth-order valence-electron chi connectivity index (χ4n) is 2.15. The second-order valence-corrected chi connectivity index (χ2v) is 5.63. The highest BCUT2D eigenvalue weighted by Crippen LogP contribution is 2.31. The first kappa shape index (κ1) is 11.1. The van der Waals surface area contributed by atoms with Gasteiger partial charge < -0.3 is 5.32 Å². The minimum absolute atomic E-state index is 0.229. The summed E-state index contributed by atoms with van der Waals surface area (Å²) in [5, 5.41) is 3.57. The molecule has 1 aliphatic rings. The van der Waals surface area contributed by atoms with Crippen LogP contribution < -0.4 is 5.32 Å². The predicted octanol–water partition coefficient (Wildman–Crippen LogP) is 3.22. The van der Waals surface area contributed by atoms with Crippen LogP contribution in [0.2, 0.25) is 0 Å². The molecule has 1 saturated carbocycles. The molecule has 0 aliphatic heterocycles. The zero-order chi connectivity index (χ0) is 10.7. The Kier molecular flexibility index (Phi) is 3.43. The number of nitrogens with zero attached hydrogens (tertiary/aromatic N) is 2. The lowest BCUT2D eigenvalue weighted by molar-refractivity contribution is 0.348. The quantitative estimate of drug-likeness (QED) is 0.851. The van der Waals surface area contributed by atoms with Crippen molar-refractivity contribution in [3.63, 3.8) is 0 Å². The Balaban J connectivity index is 2.10. The number of aromatic nitrogens is 2. The third kappa shape index (κ3) is 2.80. The molecule has 0 radical (unpaired) electrons. The summed E-state index contributed by atoms with van der Waals surface area (Å²) in [6.07, 6.45) is 9.97. The topological polar surface area (TPSA) is 37.8 Å². The predicted molar refractivity (Wildman–Crippen MR) is 69.9 cm³/mol. The Bertz CT molecular complexity index is 334. The Morgan fingerprint density at radius 2 is 2.07 bits per heavy atom. The summed E-state index contributed by atoms with van der Waals surface area (Å²) in [5.41, 5.74) is 0.229. The van der Waals surface area contributed by atoms with Crippen LogP contribution in [0.1, 0.15) is 39.0 Å². The molecule has 0 spiro atoms. The molecule has 1 heterocycles. The molecule has 2 rings (SSSR count). The van der Waals surface area contributed by atoms with Crippen LogP contribution in [0.4, 0.5) is 5.82 Å². The molecular weight excluding hydrogens is 301 g/mol. The van der Waals surface area contributed by atoms with Gasteiger partial charge in [-0.05, 0) is 42.4 Å². The molecule has 0 amide bonds. The van der Waals surface area contributed by atoms with E-state index in [0.717, 1.165) is 9.39 Å². The second kappa shape index (κ2) is 4.63. The molecule has 1 aromatic rings. The van der Waals surface area contributed by atoms with Gasteiger partial charge in [-0.2, -0.15) is 0 Å². The van der Waals surface area contributed by atoms with E-state index in [1.54, 1.807) is 6.33 Å². The van der Waals surface area contributed by atoms with E-state index in [0.29, 0.717) is 0 Å². The molecular formula is C11H16IN3. The summed E-state index contributed by atoms with van der Waals surface area (Å²) in [6.45, 7) is 2.30. The molecule has 82 valence electrons. The van der Waals surface area contributed by atoms with Gasteiger partial charge in [0.05, 0.1) is 3.57 Å². The van der Waals surface area contributed by atoms with E-state index in [-0.39, 0.29) is 5.54 Å². The van der Waals surface area contributed by atoms with Crippen molar-refractivity contribution in [1.29, 1.82) is 0 Å². The van der Waals surface area contributed by atoms with Crippen LogP contribution in [0.5, 0.6) is 0 Å². The standard InChI is InChI=1S/C11H16IN3/c1-11(5-3-2-4-6-11)15-10-9(12)7-13-8-14-10/h7-8H,2-6H2,1H3,(H,13,14,15). The molecule has 0 aromatic carbocycles. The summed E-state index contributed by atoms with van der Waals surface area (Å²) >= 11 is 2.28. The van der Waals surface area contributed by atoms with E-state index in [2.05, 4.69) is 44.8 Å². The Morgan fingerprint density at radius 1 is 1.33 bits per heavy atom. The minimum atomic E-state index is 0.229. The van der Waals surface area contributed by atoms with Crippen molar-refractivity contribution in [1.82, 2.24) is 9.97 Å². The highest BCUT2D eigenvalue weighted by atomic mass is 127. The van der Waals surface area contributed by atoms with E-state index >= 15 is 0 Å². The smallest absolute Gasteiger partial charge is 0.143 e. The normalized spacial score (nSPS) is 19.9. The van der Waals surface area contributed by atoms with Crippen molar-refractivity contribution in [2.45, 2.75) is 44.6 Å². The third-order valence-electron chi connectivity index (χ3n) is 3.04. The van der Waals surface area contributed by atoms with Gasteiger partial charge in [-0.1, -0.05) is 19.3 Å². The highest BCUT2D eigenvalue weighted by Gasteiger charge is 2.27. The lowest BCUT2D eigenvalue weighted by Crippen LogP contribution is -2.37. The van der Waals surface area contributed by atoms with Crippen LogP contribution in [0.25, 0.3) is 0 Å². The van der Waals surface area contributed by atoms with E-state index in [1.165, 1.54) is 32.1 Å². The van der Waals surface area contributed by atoms with Crippen molar-refractivity contribution in [2.75, 3.05) is 5.32 Å². The number of anilines is 1. The van der Waals surface area contributed by atoms with Gasteiger partial charge in [-0.15, -0.1) is 0 Å². The van der Waals surface area contributed by atoms with Crippen LogP contribution in [-0.2, 0) is 0 Å². The highest BCUT2D eigenvalue weighted by molar-refractivity contribution is 14.1. The number of rotatable bonds is 2. The van der Waals surface area contributed by atoms with Crippen molar-refractivity contribution in [3.8, 4) is 0 Å². The fraction of sp³-hybridized carbons (Fsp3) is 0.636. The number of hydrogen-bond acceptors (Lipinski definition) is 3. The fourth-order valence-corrected chi connectivity index (χ4v) is 2.58. The Labute approximate surface area is 104 Å². The van der Waals surface area contributed by atoms with Gasteiger partial charge in [-0.25, -0.2) is 9.97 Å². The molecule has 4 heteroatoms. The molecule has 1 N–H and O–H groups in total. The molecule has 0 unspecified atom stereocenters. The second-order valence-electron chi connectivity index (χ2n) is 4.47. The van der Waals surface area contributed by atoms with Gasteiger partial charge in [0.25, 0.3) is 0 Å². The van der Waals surface area contributed by atoms with Gasteiger partial charge in [0, 0.05) is 11.7 Å². The number of nitrogens with one attached hydrogen (secondary N) is 1. The molecule has 0 bridgehead atoms. The monoisotopic (exact) mass is 317 g/mol. The van der Waals surface area contributed by atoms with Crippen LogP contribution >= 0.6 is 22.6 Å². The molecule has 3 nitrogen and oxygen atoms in total. The molecule has 1 aliphatic carbocycles. The van der Waals surface area contributed by atoms with Crippen molar-refractivity contribution < 1.29 is 0 Å². The average molecular weight is 317 g/mol. The maximum absolute atomic E-state index is 4.29. The van der Waals surface area contributed by atoms with Crippen molar-refractivity contribution in [3.05, 3.63) is 16.1 Å². The summed E-state index contributed by atoms with van der Waals surface area (Å²) in [6, 6.07) is 0. The molecule has 0 saturated heterocycles. The lowest BCUT2D eigenvalue weighted by atomic mass is 9.83. The molecule has 1 fully saturated rings. The van der Waals surface area contributed by atoms with Gasteiger partial charge in [0.1, 0.15) is 12.1 Å². The van der Waals surface area contributed by atoms with Gasteiger partial charge >= 0.3 is 0 Å². The van der Waals surface area contributed by atoms with Crippen LogP contribution in [0.15, 0.2) is 12.5 Å². The number of hydrogen-bond donors (Lipinski definition) is 1. The summed E-state index contributed by atoms with van der Waals surface area (Å²) < 4.78 is 1.10. The third-order valence-corrected chi connectivity index (χ3v) is 3.83. The lowest BCUT2D eigenvalue weighted by Gasteiger charge is -2.35. The first-order valence-electron chi connectivity index (χ1n) is 5.43. The average Bonchev–Trinajstić information content (AvgIpc) is 2.22. The zero-order valence-electron chi connectivity index (χ0n) is 8.96. The molecule has 0 atom stereocenters. The summed E-state index contributed by atoms with van der Waals surface area (Å²) in [5.74, 6) is 0.981. The SMILES string of the molecule is CC1(Nc2ncncc2I)CCCCC1. The van der Waals surface area contributed by atoms with Crippen LogP contribution in [-0.4, -0.2) is 15.5 Å². The van der Waals surface area contributed by atoms with Crippen LogP contribution in [0, 0.1) is 3.57 Å². The van der Waals surface area contributed by atoms with E-state index < -0.39 is 0 Å². The summed E-state index contributed by atoms with van der Waals surface area (Å²) in [7, 11) is 0. The molecule has 1 aromatic heterocycles. The number of halogens is 1. The van der Waals surface area contributed by atoms with Crippen LogP contribution in [0.3, 0.4) is 0 Å². The van der Waals surface area contributed by atoms with Crippen molar-refractivity contribution >= 4 is 28.4 Å². The van der Waals surface area contributed by atoms with E-state index in [9.17, 15) is 0 Å². The molecule has 15 heavy (non-hydrogen) atoms. The van der Waals surface area contributed by atoms with Gasteiger partial charge in [0.2, 0.25) is 0 Å². The van der Waals surface area contributed by atoms with Gasteiger partial charge in [-0.3, -0.25) is 0 Å². The minimum Gasteiger partial charge on any atom is -0.364 e. The van der Waals surface area contributed by atoms with E-state index in [1.807, 2.05) is 6.20 Å². The van der Waals surface area contributed by atoms with Crippen molar-refractivity contribution in [2.24, 2.45) is 0 Å². The Hall–Kier alpha value is -0.390.